The number of hydrogen-bond acceptors (Lipinski definition) is 1. The van der Waals surface area contributed by atoms with Crippen molar-refractivity contribution >= 4 is 12.2 Å². The molecule has 0 spiro atoms. The Bertz CT molecular complexity index is 723. The number of benzene rings is 1. The van der Waals surface area contributed by atoms with Crippen LogP contribution in [0.5, 0.6) is 0 Å². The van der Waals surface area contributed by atoms with Crippen LogP contribution in [0.2, 0.25) is 0 Å². The zero-order valence-corrected chi connectivity index (χ0v) is 14.2. The minimum absolute atomic E-state index is 0.954. The van der Waals surface area contributed by atoms with E-state index in [9.17, 15) is 0 Å². The molecule has 1 heterocycles. The van der Waals surface area contributed by atoms with Crippen molar-refractivity contribution < 1.29 is 0 Å². The molecule has 2 rings (SSSR count). The van der Waals surface area contributed by atoms with E-state index in [1.54, 1.807) is 0 Å². The molecule has 1 aromatic carbocycles. The van der Waals surface area contributed by atoms with E-state index in [1.165, 1.54) is 27.8 Å². The van der Waals surface area contributed by atoms with E-state index >= 15 is 0 Å². The van der Waals surface area contributed by atoms with Crippen LogP contribution < -0.4 is 0 Å². The van der Waals surface area contributed by atoms with E-state index in [2.05, 4.69) is 62.3 Å². The predicted molar refractivity (Wildman–Crippen MR) is 102 cm³/mol. The van der Waals surface area contributed by atoms with Crippen LogP contribution in [0.1, 0.15) is 40.4 Å². The van der Waals surface area contributed by atoms with Crippen LogP contribution in [-0.2, 0) is 19.3 Å². The van der Waals surface area contributed by atoms with Crippen molar-refractivity contribution in [3.63, 3.8) is 0 Å². The number of hydrogen-bond donors (Lipinski definition) is 0. The molecule has 0 atom stereocenters. The van der Waals surface area contributed by atoms with E-state index in [1.807, 2.05) is 24.4 Å². The van der Waals surface area contributed by atoms with E-state index in [4.69, 9.17) is 0 Å². The molecule has 0 aliphatic carbocycles. The number of nitrogens with zero attached hydrogens (tertiary/aromatic N) is 1. The third-order valence-electron chi connectivity index (χ3n) is 4.14. The molecule has 0 radical (unpaired) electrons. The Morgan fingerprint density at radius 1 is 1.13 bits per heavy atom. The Morgan fingerprint density at radius 3 is 2.61 bits per heavy atom. The van der Waals surface area contributed by atoms with Gasteiger partial charge in [-0.1, -0.05) is 62.6 Å². The lowest BCUT2D eigenvalue weighted by atomic mass is 9.95. The molecule has 0 bridgehead atoms. The third kappa shape index (κ3) is 4.29. The van der Waals surface area contributed by atoms with Gasteiger partial charge in [0.2, 0.25) is 0 Å². The van der Waals surface area contributed by atoms with Crippen molar-refractivity contribution in [1.82, 2.24) is 4.98 Å². The Hall–Kier alpha value is -2.41. The third-order valence-corrected chi connectivity index (χ3v) is 4.14. The van der Waals surface area contributed by atoms with Crippen molar-refractivity contribution in [2.75, 3.05) is 0 Å². The Morgan fingerprint density at radius 2 is 1.91 bits per heavy atom. The molecule has 1 heteroatoms. The number of aromatic nitrogens is 1. The van der Waals surface area contributed by atoms with Crippen molar-refractivity contribution in [1.29, 1.82) is 0 Å². The van der Waals surface area contributed by atoms with Crippen LogP contribution in [0.25, 0.3) is 12.2 Å². The fraction of sp³-hybridized carbons (Fsp3) is 0.227. The van der Waals surface area contributed by atoms with Gasteiger partial charge in [0.25, 0.3) is 0 Å². The Balaban J connectivity index is 2.24. The first-order valence-electron chi connectivity index (χ1n) is 8.17. The maximum absolute atomic E-state index is 4.53. The summed E-state index contributed by atoms with van der Waals surface area (Å²) in [5.41, 5.74) is 7.53. The second-order valence-corrected chi connectivity index (χ2v) is 5.67. The van der Waals surface area contributed by atoms with Gasteiger partial charge in [0.15, 0.2) is 0 Å². The summed E-state index contributed by atoms with van der Waals surface area (Å²) in [6, 6.07) is 8.64. The minimum Gasteiger partial charge on any atom is -0.261 e. The van der Waals surface area contributed by atoms with Crippen LogP contribution >= 0.6 is 0 Å². The van der Waals surface area contributed by atoms with Gasteiger partial charge in [-0.3, -0.25) is 4.98 Å². The summed E-state index contributed by atoms with van der Waals surface area (Å²) in [6.45, 7) is 12.0. The van der Waals surface area contributed by atoms with Crippen molar-refractivity contribution in [2.45, 2.75) is 33.1 Å². The van der Waals surface area contributed by atoms with Gasteiger partial charge < -0.3 is 0 Å². The van der Waals surface area contributed by atoms with Gasteiger partial charge in [0.1, 0.15) is 0 Å². The van der Waals surface area contributed by atoms with Gasteiger partial charge in [-0.15, -0.1) is 0 Å². The van der Waals surface area contributed by atoms with Gasteiger partial charge in [-0.05, 0) is 60.1 Å². The highest BCUT2D eigenvalue weighted by atomic mass is 14.7. The fourth-order valence-electron chi connectivity index (χ4n) is 2.77. The van der Waals surface area contributed by atoms with E-state index in [0.717, 1.165) is 25.0 Å². The van der Waals surface area contributed by atoms with Crippen molar-refractivity contribution in [3.05, 3.63) is 89.3 Å². The summed E-state index contributed by atoms with van der Waals surface area (Å²) < 4.78 is 0. The fourth-order valence-corrected chi connectivity index (χ4v) is 2.77. The Kier molecular flexibility index (Phi) is 6.10. The standard InChI is InChI=1S/C22H25N/c1-5-8-12-22-17(4)10-9-11-19(22)13-14-20-16-23-21(7-3)15-18(20)6-2/h5-6,8-12,15-16H,1-2,7,13-14H2,3-4H3/b12-8-. The van der Waals surface area contributed by atoms with Crippen LogP contribution in [-0.4, -0.2) is 4.98 Å². The average molecular weight is 303 g/mol. The topological polar surface area (TPSA) is 12.9 Å². The first-order valence-corrected chi connectivity index (χ1v) is 8.17. The summed E-state index contributed by atoms with van der Waals surface area (Å²) in [7, 11) is 0. The predicted octanol–water partition coefficient (Wildman–Crippen LogP) is 5.58. The highest BCUT2D eigenvalue weighted by molar-refractivity contribution is 5.59. The smallest absolute Gasteiger partial charge is 0.0407 e. The lowest BCUT2D eigenvalue weighted by molar-refractivity contribution is 0.927. The highest BCUT2D eigenvalue weighted by Gasteiger charge is 2.06. The maximum atomic E-state index is 4.53. The zero-order chi connectivity index (χ0) is 16.7. The normalized spacial score (nSPS) is 10.9. The largest absolute Gasteiger partial charge is 0.261 e. The molecular formula is C22H25N. The molecular weight excluding hydrogens is 278 g/mol. The second kappa shape index (κ2) is 8.28. The average Bonchev–Trinajstić information content (AvgIpc) is 2.59. The number of pyridine rings is 1. The quantitative estimate of drug-likeness (QED) is 0.608. The van der Waals surface area contributed by atoms with Crippen LogP contribution in [0.15, 0.2) is 55.8 Å². The number of rotatable bonds is 7. The molecule has 0 saturated carbocycles. The molecule has 118 valence electrons. The highest BCUT2D eigenvalue weighted by Crippen LogP contribution is 2.20. The van der Waals surface area contributed by atoms with E-state index in [0.29, 0.717) is 0 Å². The Labute approximate surface area is 140 Å². The van der Waals surface area contributed by atoms with Gasteiger partial charge in [-0.2, -0.15) is 0 Å². The van der Waals surface area contributed by atoms with E-state index in [-0.39, 0.29) is 0 Å². The van der Waals surface area contributed by atoms with Gasteiger partial charge in [0.05, 0.1) is 0 Å². The summed E-state index contributed by atoms with van der Waals surface area (Å²) in [6.07, 6.45) is 12.8. The summed E-state index contributed by atoms with van der Waals surface area (Å²) >= 11 is 0. The molecule has 1 nitrogen and oxygen atoms in total. The van der Waals surface area contributed by atoms with Crippen LogP contribution in [0.4, 0.5) is 0 Å². The van der Waals surface area contributed by atoms with Gasteiger partial charge in [-0.25, -0.2) is 0 Å². The molecule has 0 unspecified atom stereocenters. The zero-order valence-electron chi connectivity index (χ0n) is 14.2. The second-order valence-electron chi connectivity index (χ2n) is 5.67. The number of allylic oxidation sites excluding steroid dienone is 2. The molecule has 0 saturated heterocycles. The molecule has 0 fully saturated rings. The van der Waals surface area contributed by atoms with Crippen LogP contribution in [0.3, 0.4) is 0 Å². The SMILES string of the molecule is C=C/C=C\c1c(C)cccc1CCc1cnc(CC)cc1C=C. The van der Waals surface area contributed by atoms with Gasteiger partial charge in [0, 0.05) is 11.9 Å². The molecule has 1 aromatic heterocycles. The first kappa shape index (κ1) is 17.0. The summed E-state index contributed by atoms with van der Waals surface area (Å²) in [5.74, 6) is 0. The molecule has 0 amide bonds. The molecule has 0 aliphatic heterocycles. The van der Waals surface area contributed by atoms with Crippen molar-refractivity contribution in [2.24, 2.45) is 0 Å². The van der Waals surface area contributed by atoms with Gasteiger partial charge >= 0.3 is 0 Å². The van der Waals surface area contributed by atoms with Crippen LogP contribution in [0, 0.1) is 6.92 Å². The summed E-state index contributed by atoms with van der Waals surface area (Å²) in [5, 5.41) is 0. The first-order chi connectivity index (χ1) is 11.2. The lowest BCUT2D eigenvalue weighted by Gasteiger charge is -2.11. The lowest BCUT2D eigenvalue weighted by Crippen LogP contribution is -2.00. The number of aryl methyl sites for hydroxylation is 4. The maximum Gasteiger partial charge on any atom is 0.0407 e. The van der Waals surface area contributed by atoms with E-state index < -0.39 is 0 Å². The monoisotopic (exact) mass is 303 g/mol. The van der Waals surface area contributed by atoms with Crippen molar-refractivity contribution in [3.8, 4) is 0 Å². The molecule has 2 aromatic rings. The molecule has 0 N–H and O–H groups in total. The summed E-state index contributed by atoms with van der Waals surface area (Å²) in [4.78, 5) is 4.53. The molecule has 0 aliphatic rings. The minimum atomic E-state index is 0.954. The molecule has 23 heavy (non-hydrogen) atoms.